The summed E-state index contributed by atoms with van der Waals surface area (Å²) >= 11 is 0. The van der Waals surface area contributed by atoms with E-state index in [1.165, 1.54) is 22.3 Å². The highest BCUT2D eigenvalue weighted by Gasteiger charge is 2.33. The summed E-state index contributed by atoms with van der Waals surface area (Å²) in [7, 11) is 12.6. The van der Waals surface area contributed by atoms with Crippen LogP contribution >= 0.6 is 0 Å². The van der Waals surface area contributed by atoms with Gasteiger partial charge in [0.25, 0.3) is 0 Å². The smallest absolute Gasteiger partial charge is 0.0590 e. The highest BCUT2D eigenvalue weighted by atomic mass is 14.3. The van der Waals surface area contributed by atoms with Crippen LogP contribution in [-0.4, -0.2) is 15.7 Å². The van der Waals surface area contributed by atoms with E-state index in [4.69, 9.17) is 15.7 Å². The molecule has 1 aliphatic rings. The van der Waals surface area contributed by atoms with Gasteiger partial charge in [0.15, 0.2) is 0 Å². The number of rotatable bonds is 0. The van der Waals surface area contributed by atoms with Crippen LogP contribution < -0.4 is 0 Å². The molecule has 2 heteroatoms. The molecule has 2 aromatic rings. The average molecular weight is 214 g/mol. The van der Waals surface area contributed by atoms with E-state index in [-0.39, 0.29) is 0 Å². The highest BCUT2D eigenvalue weighted by molar-refractivity contribution is 6.44. The third-order valence-electron chi connectivity index (χ3n) is 3.53. The van der Waals surface area contributed by atoms with Crippen LogP contribution in [0.2, 0.25) is 0 Å². The van der Waals surface area contributed by atoms with Gasteiger partial charge >= 0.3 is 0 Å². The maximum atomic E-state index is 6.28. The summed E-state index contributed by atoms with van der Waals surface area (Å²) in [5.74, 6) is 0. The molecule has 0 N–H and O–H groups in total. The van der Waals surface area contributed by atoms with Crippen molar-refractivity contribution in [2.45, 2.75) is 19.1 Å². The average Bonchev–Trinajstić information content (AvgIpc) is 2.47. The molecule has 0 saturated carbocycles. The topological polar surface area (TPSA) is 0 Å². The Morgan fingerprint density at radius 1 is 0.765 bits per heavy atom. The highest BCUT2D eigenvalue weighted by Crippen LogP contribution is 2.45. The minimum atomic E-state index is -0.855. The SMILES string of the molecule is [B]C1([B])c2ccc(C)cc2-c2cc(C)ccc21. The first kappa shape index (κ1) is 10.7. The van der Waals surface area contributed by atoms with Gasteiger partial charge in [-0.15, -0.1) is 0 Å². The Balaban J connectivity index is 2.39. The fraction of sp³-hybridized carbons (Fsp3) is 0.200. The Morgan fingerprint density at radius 2 is 1.18 bits per heavy atom. The van der Waals surface area contributed by atoms with Crippen LogP contribution in [0.25, 0.3) is 11.1 Å². The van der Waals surface area contributed by atoms with Gasteiger partial charge in [0.1, 0.15) is 0 Å². The normalized spacial score (nSPS) is 15.4. The first-order valence-electron chi connectivity index (χ1n) is 5.80. The summed E-state index contributed by atoms with van der Waals surface area (Å²) in [5, 5.41) is -0.855. The van der Waals surface area contributed by atoms with Crippen LogP contribution in [0, 0.1) is 13.8 Å². The third-order valence-corrected chi connectivity index (χ3v) is 3.53. The zero-order chi connectivity index (χ0) is 12.2. The largest absolute Gasteiger partial charge is 0.0745 e. The van der Waals surface area contributed by atoms with Crippen molar-refractivity contribution in [3.8, 4) is 11.1 Å². The molecule has 0 saturated heterocycles. The molecule has 0 heterocycles. The Kier molecular flexibility index (Phi) is 2.07. The quantitative estimate of drug-likeness (QED) is 0.591. The Bertz CT molecular complexity index is 559. The fourth-order valence-electron chi connectivity index (χ4n) is 2.63. The van der Waals surface area contributed by atoms with Crippen molar-refractivity contribution in [2.75, 3.05) is 0 Å². The molecule has 0 aliphatic heterocycles. The maximum absolute atomic E-state index is 6.28. The first-order valence-corrected chi connectivity index (χ1v) is 5.80. The van der Waals surface area contributed by atoms with Gasteiger partial charge in [-0.2, -0.15) is 0 Å². The van der Waals surface area contributed by atoms with E-state index in [0.29, 0.717) is 0 Å². The second kappa shape index (κ2) is 3.29. The fourth-order valence-corrected chi connectivity index (χ4v) is 2.63. The van der Waals surface area contributed by atoms with E-state index in [9.17, 15) is 0 Å². The lowest BCUT2D eigenvalue weighted by molar-refractivity contribution is 1.08. The number of benzene rings is 2. The molecule has 3 rings (SSSR count). The molecule has 0 fully saturated rings. The molecule has 17 heavy (non-hydrogen) atoms. The third kappa shape index (κ3) is 1.40. The van der Waals surface area contributed by atoms with Crippen LogP contribution in [0.4, 0.5) is 0 Å². The molecule has 78 valence electrons. The number of hydrogen-bond donors (Lipinski definition) is 0. The zero-order valence-electron chi connectivity index (χ0n) is 10.1. The monoisotopic (exact) mass is 214 g/mol. The number of aryl methyl sites for hydroxylation is 2. The van der Waals surface area contributed by atoms with Gasteiger partial charge in [0.05, 0.1) is 15.7 Å². The Morgan fingerprint density at radius 3 is 1.59 bits per heavy atom. The molecule has 0 nitrogen and oxygen atoms in total. The van der Waals surface area contributed by atoms with Gasteiger partial charge in [-0.3, -0.25) is 0 Å². The van der Waals surface area contributed by atoms with Gasteiger partial charge in [0.2, 0.25) is 0 Å². The van der Waals surface area contributed by atoms with E-state index in [1.807, 2.05) is 12.1 Å². The predicted molar refractivity (Wildman–Crippen MR) is 73.6 cm³/mol. The van der Waals surface area contributed by atoms with Crippen LogP contribution in [0.1, 0.15) is 22.3 Å². The van der Waals surface area contributed by atoms with Crippen LogP contribution in [0.15, 0.2) is 36.4 Å². The molecule has 0 bridgehead atoms. The molecule has 0 atom stereocenters. The van der Waals surface area contributed by atoms with Crippen LogP contribution in [0.5, 0.6) is 0 Å². The van der Waals surface area contributed by atoms with Gasteiger partial charge in [-0.1, -0.05) is 52.7 Å². The molecule has 2 aromatic carbocycles. The van der Waals surface area contributed by atoms with E-state index in [2.05, 4.69) is 38.1 Å². The summed E-state index contributed by atoms with van der Waals surface area (Å²) in [4.78, 5) is 0. The molecule has 0 spiro atoms. The summed E-state index contributed by atoms with van der Waals surface area (Å²) in [5.41, 5.74) is 6.85. The molecular weight excluding hydrogens is 202 g/mol. The van der Waals surface area contributed by atoms with Crippen LogP contribution in [-0.2, 0) is 5.21 Å². The molecule has 1 aliphatic carbocycles. The van der Waals surface area contributed by atoms with Gasteiger partial charge < -0.3 is 0 Å². The van der Waals surface area contributed by atoms with Crippen molar-refractivity contribution in [2.24, 2.45) is 0 Å². The number of fused-ring (bicyclic) bond motifs is 3. The van der Waals surface area contributed by atoms with Gasteiger partial charge in [-0.25, -0.2) is 0 Å². The van der Waals surface area contributed by atoms with E-state index < -0.39 is 5.21 Å². The molecule has 4 radical (unpaired) electrons. The summed E-state index contributed by atoms with van der Waals surface area (Å²) < 4.78 is 0. The van der Waals surface area contributed by atoms with Crippen molar-refractivity contribution in [3.63, 3.8) is 0 Å². The van der Waals surface area contributed by atoms with Crippen molar-refractivity contribution < 1.29 is 0 Å². The standard InChI is InChI=1S/C15H12B2/c1-9-3-5-13-11(7-9)12-8-10(2)4-6-14(12)15(13,16)17/h3-8H,1-2H3. The zero-order valence-corrected chi connectivity index (χ0v) is 10.1. The lowest BCUT2D eigenvalue weighted by atomic mass is 9.50. The Labute approximate surface area is 105 Å². The van der Waals surface area contributed by atoms with Gasteiger partial charge in [0, 0.05) is 0 Å². The summed E-state index contributed by atoms with van der Waals surface area (Å²) in [6.45, 7) is 4.17. The second-order valence-electron chi connectivity index (χ2n) is 4.97. The minimum Gasteiger partial charge on any atom is -0.0590 e. The van der Waals surface area contributed by atoms with Crippen molar-refractivity contribution >= 4 is 15.7 Å². The molecule has 0 aromatic heterocycles. The van der Waals surface area contributed by atoms with Crippen molar-refractivity contribution in [1.29, 1.82) is 0 Å². The van der Waals surface area contributed by atoms with Crippen molar-refractivity contribution in [1.82, 2.24) is 0 Å². The summed E-state index contributed by atoms with van der Waals surface area (Å²) in [6, 6.07) is 12.5. The van der Waals surface area contributed by atoms with Crippen molar-refractivity contribution in [3.05, 3.63) is 58.7 Å². The summed E-state index contributed by atoms with van der Waals surface area (Å²) in [6.07, 6.45) is 0. The molecule has 0 unspecified atom stereocenters. The van der Waals surface area contributed by atoms with E-state index in [0.717, 1.165) is 11.1 Å². The Hall–Kier alpha value is -1.43. The molecule has 0 amide bonds. The lowest BCUT2D eigenvalue weighted by Gasteiger charge is -2.22. The number of hydrogen-bond acceptors (Lipinski definition) is 0. The minimum absolute atomic E-state index is 0.855. The first-order chi connectivity index (χ1) is 8.00. The predicted octanol–water partition coefficient (Wildman–Crippen LogP) is 2.82. The maximum Gasteiger partial charge on any atom is 0.0745 e. The van der Waals surface area contributed by atoms with E-state index in [1.54, 1.807) is 0 Å². The second-order valence-corrected chi connectivity index (χ2v) is 4.97. The molecular formula is C15H12B2. The lowest BCUT2D eigenvalue weighted by Crippen LogP contribution is -2.25. The van der Waals surface area contributed by atoms with E-state index >= 15 is 0 Å². The van der Waals surface area contributed by atoms with Crippen LogP contribution in [0.3, 0.4) is 0 Å². The van der Waals surface area contributed by atoms with Gasteiger partial charge in [-0.05, 0) is 36.1 Å².